The Balaban J connectivity index is 1.69. The predicted octanol–water partition coefficient (Wildman–Crippen LogP) is 2.59. The Hall–Kier alpha value is -1.59. The van der Waals surface area contributed by atoms with E-state index in [4.69, 9.17) is 9.47 Å². The van der Waals surface area contributed by atoms with E-state index in [9.17, 15) is 4.79 Å². The van der Waals surface area contributed by atoms with Gasteiger partial charge in [-0.25, -0.2) is 0 Å². The molecular formula is C20H32N2O3. The molecule has 2 rings (SSSR count). The van der Waals surface area contributed by atoms with Crippen molar-refractivity contribution in [3.63, 3.8) is 0 Å². The van der Waals surface area contributed by atoms with Crippen molar-refractivity contribution in [1.82, 2.24) is 10.2 Å². The summed E-state index contributed by atoms with van der Waals surface area (Å²) < 4.78 is 11.1. The minimum absolute atomic E-state index is 0.0677. The van der Waals surface area contributed by atoms with Crippen LogP contribution in [0.25, 0.3) is 0 Å². The Kier molecular flexibility index (Phi) is 7.26. The zero-order chi connectivity index (χ0) is 18.3. The smallest absolute Gasteiger partial charge is 0.260 e. The van der Waals surface area contributed by atoms with Crippen LogP contribution in [0, 0.1) is 0 Å². The summed E-state index contributed by atoms with van der Waals surface area (Å²) >= 11 is 0. The lowest BCUT2D eigenvalue weighted by Gasteiger charge is -2.26. The van der Waals surface area contributed by atoms with E-state index in [1.165, 1.54) is 5.56 Å². The van der Waals surface area contributed by atoms with Crippen LogP contribution in [0.1, 0.15) is 39.7 Å². The van der Waals surface area contributed by atoms with Crippen molar-refractivity contribution >= 4 is 5.91 Å². The molecule has 1 aliphatic rings. The van der Waals surface area contributed by atoms with Crippen LogP contribution in [0.5, 0.6) is 5.75 Å². The third-order valence-electron chi connectivity index (χ3n) is 4.46. The molecule has 1 aromatic carbocycles. The third kappa shape index (κ3) is 6.67. The largest absolute Gasteiger partial charge is 0.481 e. The highest BCUT2D eigenvalue weighted by atomic mass is 16.5. The predicted molar refractivity (Wildman–Crippen MR) is 100 cm³/mol. The highest BCUT2D eigenvalue weighted by Crippen LogP contribution is 2.24. The molecule has 1 unspecified atom stereocenters. The van der Waals surface area contributed by atoms with Crippen molar-refractivity contribution in [2.75, 3.05) is 39.4 Å². The van der Waals surface area contributed by atoms with Gasteiger partial charge in [-0.3, -0.25) is 9.69 Å². The van der Waals surface area contributed by atoms with E-state index in [1.54, 1.807) is 6.92 Å². The number of ether oxygens (including phenoxy) is 2. The lowest BCUT2D eigenvalue weighted by atomic mass is 9.87. The molecule has 1 saturated heterocycles. The van der Waals surface area contributed by atoms with Crippen LogP contribution in [0.2, 0.25) is 0 Å². The standard InChI is InChI=1S/C20H32N2O3/c1-16(25-18-8-6-17(7-9-18)20(2,3)4)19(23)21-10-5-11-22-12-14-24-15-13-22/h6-9,16H,5,10-15H2,1-4H3,(H,21,23). The Morgan fingerprint density at radius 2 is 1.88 bits per heavy atom. The zero-order valence-electron chi connectivity index (χ0n) is 16.0. The van der Waals surface area contributed by atoms with Crippen LogP contribution >= 0.6 is 0 Å². The van der Waals surface area contributed by atoms with Crippen molar-refractivity contribution in [3.05, 3.63) is 29.8 Å². The first kappa shape index (κ1) is 19.7. The Morgan fingerprint density at radius 1 is 1.24 bits per heavy atom. The molecular weight excluding hydrogens is 316 g/mol. The SMILES string of the molecule is CC(Oc1ccc(C(C)(C)C)cc1)C(=O)NCCCN1CCOCC1. The molecule has 1 heterocycles. The Labute approximate surface area is 151 Å². The molecule has 5 nitrogen and oxygen atoms in total. The highest BCUT2D eigenvalue weighted by molar-refractivity contribution is 5.80. The summed E-state index contributed by atoms with van der Waals surface area (Å²) in [4.78, 5) is 14.5. The number of benzene rings is 1. The molecule has 140 valence electrons. The van der Waals surface area contributed by atoms with Crippen molar-refractivity contribution in [2.24, 2.45) is 0 Å². The Bertz CT molecular complexity index is 531. The maximum atomic E-state index is 12.2. The van der Waals surface area contributed by atoms with Gasteiger partial charge in [0.05, 0.1) is 13.2 Å². The van der Waals surface area contributed by atoms with Crippen LogP contribution in [0.3, 0.4) is 0 Å². The summed E-state index contributed by atoms with van der Waals surface area (Å²) in [5.74, 6) is 0.658. The quantitative estimate of drug-likeness (QED) is 0.770. The van der Waals surface area contributed by atoms with Crippen LogP contribution in [-0.2, 0) is 14.9 Å². The fraction of sp³-hybridized carbons (Fsp3) is 0.650. The first-order chi connectivity index (χ1) is 11.9. The Morgan fingerprint density at radius 3 is 2.48 bits per heavy atom. The summed E-state index contributed by atoms with van der Waals surface area (Å²) in [6.07, 6.45) is 0.447. The molecule has 1 aliphatic heterocycles. The fourth-order valence-corrected chi connectivity index (χ4v) is 2.77. The van der Waals surface area contributed by atoms with E-state index in [2.05, 4.69) is 43.1 Å². The summed E-state index contributed by atoms with van der Waals surface area (Å²) in [5.41, 5.74) is 1.36. The summed E-state index contributed by atoms with van der Waals surface area (Å²) in [5, 5.41) is 2.96. The van der Waals surface area contributed by atoms with Gasteiger partial charge < -0.3 is 14.8 Å². The van der Waals surface area contributed by atoms with E-state index in [1.807, 2.05) is 12.1 Å². The molecule has 1 aromatic rings. The molecule has 0 radical (unpaired) electrons. The number of hydrogen-bond donors (Lipinski definition) is 1. The minimum atomic E-state index is -0.496. The molecule has 25 heavy (non-hydrogen) atoms. The number of rotatable bonds is 7. The van der Waals surface area contributed by atoms with Gasteiger partial charge in [0.15, 0.2) is 6.10 Å². The van der Waals surface area contributed by atoms with E-state index in [0.717, 1.165) is 45.0 Å². The van der Waals surface area contributed by atoms with Gasteiger partial charge in [-0.05, 0) is 43.0 Å². The molecule has 0 aliphatic carbocycles. The molecule has 1 atom stereocenters. The number of carbonyl (C=O) groups is 1. The molecule has 0 saturated carbocycles. The lowest BCUT2D eigenvalue weighted by Crippen LogP contribution is -2.40. The van der Waals surface area contributed by atoms with Crippen LogP contribution < -0.4 is 10.1 Å². The summed E-state index contributed by atoms with van der Waals surface area (Å²) in [6, 6.07) is 7.98. The molecule has 5 heteroatoms. The maximum Gasteiger partial charge on any atom is 0.260 e. The van der Waals surface area contributed by atoms with Crippen LogP contribution in [0.4, 0.5) is 0 Å². The van der Waals surface area contributed by atoms with Gasteiger partial charge in [-0.1, -0.05) is 32.9 Å². The number of nitrogens with zero attached hydrogens (tertiary/aromatic N) is 1. The topological polar surface area (TPSA) is 50.8 Å². The van der Waals surface area contributed by atoms with Crippen molar-refractivity contribution < 1.29 is 14.3 Å². The minimum Gasteiger partial charge on any atom is -0.481 e. The van der Waals surface area contributed by atoms with Gasteiger partial charge in [-0.2, -0.15) is 0 Å². The highest BCUT2D eigenvalue weighted by Gasteiger charge is 2.16. The van der Waals surface area contributed by atoms with Gasteiger partial charge in [0, 0.05) is 19.6 Å². The number of hydrogen-bond acceptors (Lipinski definition) is 4. The van der Waals surface area contributed by atoms with Gasteiger partial charge in [-0.15, -0.1) is 0 Å². The van der Waals surface area contributed by atoms with Gasteiger partial charge in [0.1, 0.15) is 5.75 Å². The monoisotopic (exact) mass is 348 g/mol. The van der Waals surface area contributed by atoms with Gasteiger partial charge in [0.2, 0.25) is 0 Å². The van der Waals surface area contributed by atoms with E-state index in [-0.39, 0.29) is 11.3 Å². The first-order valence-corrected chi connectivity index (χ1v) is 9.21. The average Bonchev–Trinajstić information content (AvgIpc) is 2.59. The number of amides is 1. The lowest BCUT2D eigenvalue weighted by molar-refractivity contribution is -0.127. The molecule has 0 bridgehead atoms. The van der Waals surface area contributed by atoms with Crippen molar-refractivity contribution in [2.45, 2.75) is 45.6 Å². The number of nitrogens with one attached hydrogen (secondary N) is 1. The molecule has 0 spiro atoms. The van der Waals surface area contributed by atoms with E-state index >= 15 is 0 Å². The fourth-order valence-electron chi connectivity index (χ4n) is 2.77. The number of carbonyl (C=O) groups excluding carboxylic acids is 1. The number of morpholine rings is 1. The first-order valence-electron chi connectivity index (χ1n) is 9.21. The van der Waals surface area contributed by atoms with Crippen molar-refractivity contribution in [3.8, 4) is 5.75 Å². The van der Waals surface area contributed by atoms with Crippen LogP contribution in [0.15, 0.2) is 24.3 Å². The van der Waals surface area contributed by atoms with Gasteiger partial charge >= 0.3 is 0 Å². The van der Waals surface area contributed by atoms with E-state index in [0.29, 0.717) is 6.54 Å². The second kappa shape index (κ2) is 9.20. The molecule has 0 aromatic heterocycles. The van der Waals surface area contributed by atoms with E-state index < -0.39 is 6.10 Å². The van der Waals surface area contributed by atoms with Crippen molar-refractivity contribution in [1.29, 1.82) is 0 Å². The van der Waals surface area contributed by atoms with Gasteiger partial charge in [0.25, 0.3) is 5.91 Å². The third-order valence-corrected chi connectivity index (χ3v) is 4.46. The second-order valence-corrected chi connectivity index (χ2v) is 7.63. The summed E-state index contributed by atoms with van der Waals surface area (Å²) in [6.45, 7) is 13.6. The molecule has 1 amide bonds. The zero-order valence-corrected chi connectivity index (χ0v) is 16.0. The average molecular weight is 348 g/mol. The second-order valence-electron chi connectivity index (χ2n) is 7.63. The van der Waals surface area contributed by atoms with Crippen LogP contribution in [-0.4, -0.2) is 56.3 Å². The normalized spacial score (nSPS) is 17.1. The maximum absolute atomic E-state index is 12.2. The molecule has 1 N–H and O–H groups in total. The summed E-state index contributed by atoms with van der Waals surface area (Å²) in [7, 11) is 0. The molecule has 1 fully saturated rings.